The predicted molar refractivity (Wildman–Crippen MR) is 70.3 cm³/mol. The Balaban J connectivity index is 2.02. The van der Waals surface area contributed by atoms with E-state index in [0.717, 1.165) is 6.07 Å². The van der Waals surface area contributed by atoms with Crippen molar-refractivity contribution in [3.8, 4) is 0 Å². The molecule has 2 aromatic carbocycles. The summed E-state index contributed by atoms with van der Waals surface area (Å²) in [7, 11) is 0. The molecule has 2 aromatic rings. The van der Waals surface area contributed by atoms with Gasteiger partial charge in [-0.05, 0) is 24.3 Å². The second-order valence-electron chi connectivity index (χ2n) is 4.31. The molecule has 0 aliphatic rings. The summed E-state index contributed by atoms with van der Waals surface area (Å²) in [4.78, 5) is 10.8. The molecule has 0 radical (unpaired) electrons. The van der Waals surface area contributed by atoms with Crippen molar-refractivity contribution in [2.24, 2.45) is 0 Å². The highest BCUT2D eigenvalue weighted by atomic mass is 19.1. The van der Waals surface area contributed by atoms with Gasteiger partial charge in [0.2, 0.25) is 0 Å². The van der Waals surface area contributed by atoms with Crippen molar-refractivity contribution in [1.29, 1.82) is 0 Å². The number of nitrogens with one attached hydrogen (secondary N) is 1. The van der Waals surface area contributed by atoms with Crippen LogP contribution in [0.3, 0.4) is 0 Å². The van der Waals surface area contributed by atoms with E-state index in [0.29, 0.717) is 5.56 Å². The van der Waals surface area contributed by atoms with Crippen molar-refractivity contribution >= 4 is 5.97 Å². The second-order valence-corrected chi connectivity index (χ2v) is 4.31. The quantitative estimate of drug-likeness (QED) is 0.883. The minimum absolute atomic E-state index is 0.0223. The maximum absolute atomic E-state index is 13.5. The van der Waals surface area contributed by atoms with Crippen molar-refractivity contribution in [2.75, 3.05) is 0 Å². The third-order valence-corrected chi connectivity index (χ3v) is 2.88. The van der Waals surface area contributed by atoms with Crippen LogP contribution in [0.15, 0.2) is 42.5 Å². The Kier molecular flexibility index (Phi) is 4.42. The van der Waals surface area contributed by atoms with Crippen molar-refractivity contribution < 1.29 is 18.7 Å². The summed E-state index contributed by atoms with van der Waals surface area (Å²) < 4.78 is 26.9. The Labute approximate surface area is 114 Å². The van der Waals surface area contributed by atoms with Gasteiger partial charge in [-0.2, -0.15) is 0 Å². The molecular weight excluding hydrogens is 264 g/mol. The van der Waals surface area contributed by atoms with Crippen molar-refractivity contribution in [3.05, 3.63) is 70.8 Å². The minimum Gasteiger partial charge on any atom is -0.478 e. The molecule has 20 heavy (non-hydrogen) atoms. The summed E-state index contributed by atoms with van der Waals surface area (Å²) >= 11 is 0. The molecule has 0 aliphatic heterocycles. The van der Waals surface area contributed by atoms with Gasteiger partial charge in [-0.25, -0.2) is 13.6 Å². The van der Waals surface area contributed by atoms with Crippen molar-refractivity contribution in [3.63, 3.8) is 0 Å². The molecule has 0 aromatic heterocycles. The number of halogens is 2. The van der Waals surface area contributed by atoms with Crippen LogP contribution in [0.1, 0.15) is 21.5 Å². The predicted octanol–water partition coefficient (Wildman–Crippen LogP) is 2.95. The minimum atomic E-state index is -1.11. The lowest BCUT2D eigenvalue weighted by molar-refractivity contribution is 0.0696. The Bertz CT molecular complexity index is 629. The molecule has 0 fully saturated rings. The first-order valence-corrected chi connectivity index (χ1v) is 6.04. The fourth-order valence-corrected chi connectivity index (χ4v) is 1.82. The zero-order valence-corrected chi connectivity index (χ0v) is 10.6. The molecule has 0 aliphatic carbocycles. The number of carbonyl (C=O) groups is 1. The van der Waals surface area contributed by atoms with E-state index in [9.17, 15) is 13.6 Å². The Hall–Kier alpha value is -2.27. The van der Waals surface area contributed by atoms with Gasteiger partial charge in [-0.1, -0.05) is 18.2 Å². The molecule has 5 heteroatoms. The molecule has 0 unspecified atom stereocenters. The highest BCUT2D eigenvalue weighted by Gasteiger charge is 2.08. The van der Waals surface area contributed by atoms with E-state index in [2.05, 4.69) is 5.32 Å². The molecular formula is C15H13F2NO2. The van der Waals surface area contributed by atoms with Crippen LogP contribution in [0.2, 0.25) is 0 Å². The summed E-state index contributed by atoms with van der Waals surface area (Å²) in [6, 6.07) is 9.88. The van der Waals surface area contributed by atoms with Crippen LogP contribution < -0.4 is 5.32 Å². The number of aromatic carboxylic acids is 1. The topological polar surface area (TPSA) is 49.3 Å². The second kappa shape index (κ2) is 6.25. The average Bonchev–Trinajstić information content (AvgIpc) is 2.42. The molecule has 0 amide bonds. The third kappa shape index (κ3) is 3.39. The average molecular weight is 277 g/mol. The number of benzene rings is 2. The Morgan fingerprint density at radius 3 is 2.35 bits per heavy atom. The molecule has 104 valence electrons. The van der Waals surface area contributed by atoms with Gasteiger partial charge in [0.25, 0.3) is 0 Å². The molecule has 2 N–H and O–H groups in total. The Morgan fingerprint density at radius 1 is 1.00 bits per heavy atom. The molecule has 2 rings (SSSR count). The van der Waals surface area contributed by atoms with E-state index in [1.807, 2.05) is 0 Å². The number of rotatable bonds is 5. The summed E-state index contributed by atoms with van der Waals surface area (Å²) in [5, 5.41) is 11.7. The summed E-state index contributed by atoms with van der Waals surface area (Å²) in [5.74, 6) is -1.93. The summed E-state index contributed by atoms with van der Waals surface area (Å²) in [6.45, 7) is 0.366. The normalized spacial score (nSPS) is 10.5. The van der Waals surface area contributed by atoms with Gasteiger partial charge in [0, 0.05) is 24.2 Å². The van der Waals surface area contributed by atoms with Gasteiger partial charge >= 0.3 is 5.97 Å². The van der Waals surface area contributed by atoms with Gasteiger partial charge in [0.15, 0.2) is 0 Å². The Morgan fingerprint density at radius 2 is 1.65 bits per heavy atom. The molecule has 0 spiro atoms. The lowest BCUT2D eigenvalue weighted by Gasteiger charge is -2.08. The standard InChI is InChI=1S/C15H13F2NO2/c16-13-4-2-1-3-11(13)8-18-9-12-7-10(15(19)20)5-6-14(12)17/h1-7,18H,8-9H2,(H,19,20). The van der Waals surface area contributed by atoms with E-state index in [4.69, 9.17) is 5.11 Å². The van der Waals surface area contributed by atoms with Crippen LogP contribution in [0.25, 0.3) is 0 Å². The zero-order chi connectivity index (χ0) is 14.5. The largest absolute Gasteiger partial charge is 0.478 e. The first-order chi connectivity index (χ1) is 9.58. The van der Waals surface area contributed by atoms with Crippen molar-refractivity contribution in [1.82, 2.24) is 5.32 Å². The smallest absolute Gasteiger partial charge is 0.335 e. The third-order valence-electron chi connectivity index (χ3n) is 2.88. The molecule has 0 saturated carbocycles. The summed E-state index contributed by atoms with van der Waals surface area (Å²) in [5.41, 5.74) is 0.734. The van der Waals surface area contributed by atoms with Gasteiger partial charge < -0.3 is 10.4 Å². The van der Waals surface area contributed by atoms with Gasteiger partial charge in [0.1, 0.15) is 11.6 Å². The van der Waals surface area contributed by atoms with Gasteiger partial charge in [-0.3, -0.25) is 0 Å². The maximum Gasteiger partial charge on any atom is 0.335 e. The fourth-order valence-electron chi connectivity index (χ4n) is 1.82. The van der Waals surface area contributed by atoms with Crippen LogP contribution in [0, 0.1) is 11.6 Å². The monoisotopic (exact) mass is 277 g/mol. The molecule has 0 heterocycles. The molecule has 0 bridgehead atoms. The van der Waals surface area contributed by atoms with Crippen LogP contribution in [0.4, 0.5) is 8.78 Å². The lowest BCUT2D eigenvalue weighted by atomic mass is 10.1. The van der Waals surface area contributed by atoms with E-state index in [-0.39, 0.29) is 30.0 Å². The fraction of sp³-hybridized carbons (Fsp3) is 0.133. The zero-order valence-electron chi connectivity index (χ0n) is 10.6. The SMILES string of the molecule is O=C(O)c1ccc(F)c(CNCc2ccccc2F)c1. The summed E-state index contributed by atoms with van der Waals surface area (Å²) in [6.07, 6.45) is 0. The van der Waals surface area contributed by atoms with E-state index >= 15 is 0 Å². The highest BCUT2D eigenvalue weighted by Crippen LogP contribution is 2.11. The van der Waals surface area contributed by atoms with E-state index in [1.165, 1.54) is 18.2 Å². The van der Waals surface area contributed by atoms with Crippen molar-refractivity contribution in [2.45, 2.75) is 13.1 Å². The maximum atomic E-state index is 13.5. The van der Waals surface area contributed by atoms with Crippen LogP contribution in [0.5, 0.6) is 0 Å². The number of carboxylic acid groups (broad SMARTS) is 1. The van der Waals surface area contributed by atoms with Crippen LogP contribution >= 0.6 is 0 Å². The first-order valence-electron chi connectivity index (χ1n) is 6.04. The van der Waals surface area contributed by atoms with Gasteiger partial charge in [0.05, 0.1) is 5.56 Å². The molecule has 3 nitrogen and oxygen atoms in total. The number of hydrogen-bond donors (Lipinski definition) is 2. The van der Waals surface area contributed by atoms with Crippen LogP contribution in [-0.2, 0) is 13.1 Å². The van der Waals surface area contributed by atoms with Crippen LogP contribution in [-0.4, -0.2) is 11.1 Å². The van der Waals surface area contributed by atoms with Gasteiger partial charge in [-0.15, -0.1) is 0 Å². The molecule has 0 saturated heterocycles. The van der Waals surface area contributed by atoms with E-state index in [1.54, 1.807) is 18.2 Å². The van der Waals surface area contributed by atoms with E-state index < -0.39 is 11.8 Å². The molecule has 0 atom stereocenters. The highest BCUT2D eigenvalue weighted by molar-refractivity contribution is 5.87. The first kappa shape index (κ1) is 14.1. The number of hydrogen-bond acceptors (Lipinski definition) is 2. The lowest BCUT2D eigenvalue weighted by Crippen LogP contribution is -2.15. The number of carboxylic acids is 1.